The minimum Gasteiger partial charge on any atom is -0.253 e. The minimum atomic E-state index is -0.573. The molecule has 0 unspecified atom stereocenters. The molecule has 1 N–H and O–H groups in total. The molecular formula is C11H8Cl2FN3S. The zero-order chi connectivity index (χ0) is 13.1. The lowest BCUT2D eigenvalue weighted by atomic mass is 10.2. The van der Waals surface area contributed by atoms with Crippen LogP contribution < -0.4 is 5.43 Å². The molecule has 2 rings (SSSR count). The van der Waals surface area contributed by atoms with Crippen LogP contribution in [0.2, 0.25) is 10.0 Å². The highest BCUT2D eigenvalue weighted by molar-refractivity contribution is 7.13. The van der Waals surface area contributed by atoms with E-state index in [4.69, 9.17) is 23.2 Å². The number of rotatable bonds is 3. The monoisotopic (exact) mass is 303 g/mol. The fourth-order valence-corrected chi connectivity index (χ4v) is 2.18. The van der Waals surface area contributed by atoms with Crippen molar-refractivity contribution in [3.63, 3.8) is 0 Å². The fourth-order valence-electron chi connectivity index (χ4n) is 1.22. The van der Waals surface area contributed by atoms with Crippen LogP contribution in [0.3, 0.4) is 0 Å². The molecule has 2 aromatic rings. The van der Waals surface area contributed by atoms with Gasteiger partial charge in [-0.15, -0.1) is 11.3 Å². The summed E-state index contributed by atoms with van der Waals surface area (Å²) in [6, 6.07) is 2.79. The number of aromatic nitrogens is 1. The van der Waals surface area contributed by atoms with Gasteiger partial charge in [0, 0.05) is 5.38 Å². The van der Waals surface area contributed by atoms with E-state index in [-0.39, 0.29) is 10.0 Å². The van der Waals surface area contributed by atoms with E-state index in [1.807, 2.05) is 12.3 Å². The van der Waals surface area contributed by atoms with Crippen LogP contribution >= 0.6 is 34.5 Å². The summed E-state index contributed by atoms with van der Waals surface area (Å²) in [7, 11) is 0. The van der Waals surface area contributed by atoms with Crippen LogP contribution in [0.4, 0.5) is 9.52 Å². The molecule has 0 radical (unpaired) electrons. The van der Waals surface area contributed by atoms with Crippen LogP contribution in [-0.2, 0) is 0 Å². The lowest BCUT2D eigenvalue weighted by Gasteiger charge is -1.99. The quantitative estimate of drug-likeness (QED) is 0.520. The Morgan fingerprint density at radius 3 is 2.83 bits per heavy atom. The number of thiazole rings is 1. The Bertz CT molecular complexity index is 575. The predicted octanol–water partition coefficient (Wildman–Crippen LogP) is 4.34. The molecule has 3 nitrogen and oxygen atoms in total. The van der Waals surface area contributed by atoms with Crippen molar-refractivity contribution in [3.8, 4) is 0 Å². The Hall–Kier alpha value is -1.17. The van der Waals surface area contributed by atoms with Gasteiger partial charge in [0.2, 0.25) is 5.13 Å². The second-order valence-corrected chi connectivity index (χ2v) is 5.11. The van der Waals surface area contributed by atoms with E-state index in [1.54, 1.807) is 0 Å². The summed E-state index contributed by atoms with van der Waals surface area (Å²) in [5.74, 6) is -0.573. The third kappa shape index (κ3) is 3.19. The SMILES string of the molecule is Cc1csc(NN=Cc2cc(F)c(Cl)c(Cl)c2)n1. The summed E-state index contributed by atoms with van der Waals surface area (Å²) in [4.78, 5) is 4.16. The van der Waals surface area contributed by atoms with Gasteiger partial charge in [-0.25, -0.2) is 9.37 Å². The molecule has 0 atom stereocenters. The number of anilines is 1. The second kappa shape index (κ2) is 5.65. The Balaban J connectivity index is 2.09. The van der Waals surface area contributed by atoms with E-state index in [9.17, 15) is 4.39 Å². The van der Waals surface area contributed by atoms with Gasteiger partial charge in [0.1, 0.15) is 5.82 Å². The van der Waals surface area contributed by atoms with Gasteiger partial charge in [0.05, 0.1) is 22.0 Å². The van der Waals surface area contributed by atoms with Crippen LogP contribution in [0.5, 0.6) is 0 Å². The zero-order valence-corrected chi connectivity index (χ0v) is 11.6. The molecule has 0 aliphatic rings. The van der Waals surface area contributed by atoms with Crippen molar-refractivity contribution in [2.75, 3.05) is 5.43 Å². The fraction of sp³-hybridized carbons (Fsp3) is 0.0909. The molecule has 1 heterocycles. The Labute approximate surface area is 117 Å². The van der Waals surface area contributed by atoms with Crippen LogP contribution in [0.25, 0.3) is 0 Å². The van der Waals surface area contributed by atoms with E-state index in [0.717, 1.165) is 5.69 Å². The number of aryl methyl sites for hydroxylation is 1. The van der Waals surface area contributed by atoms with Crippen molar-refractivity contribution in [1.29, 1.82) is 0 Å². The average Bonchev–Trinajstić information content (AvgIpc) is 2.72. The molecule has 0 fully saturated rings. The molecule has 0 spiro atoms. The van der Waals surface area contributed by atoms with Crippen LogP contribution in [-0.4, -0.2) is 11.2 Å². The maximum absolute atomic E-state index is 13.3. The largest absolute Gasteiger partial charge is 0.253 e. The first-order chi connectivity index (χ1) is 8.56. The molecule has 0 saturated carbocycles. The highest BCUT2D eigenvalue weighted by Crippen LogP contribution is 2.25. The topological polar surface area (TPSA) is 37.3 Å². The molecule has 0 bridgehead atoms. The standard InChI is InChI=1S/C11H8Cl2FN3S/c1-6-5-18-11(16-6)17-15-4-7-2-8(12)10(13)9(14)3-7/h2-5H,1H3,(H,16,17). The molecule has 1 aromatic heterocycles. The minimum absolute atomic E-state index is 0.0858. The third-order valence-corrected chi connectivity index (χ3v) is 3.64. The van der Waals surface area contributed by atoms with E-state index < -0.39 is 5.82 Å². The van der Waals surface area contributed by atoms with Gasteiger partial charge in [0.15, 0.2) is 0 Å². The number of halogens is 3. The first-order valence-electron chi connectivity index (χ1n) is 4.92. The van der Waals surface area contributed by atoms with Crippen molar-refractivity contribution in [1.82, 2.24) is 4.98 Å². The molecule has 1 aromatic carbocycles. The van der Waals surface area contributed by atoms with E-state index >= 15 is 0 Å². The second-order valence-electron chi connectivity index (χ2n) is 3.46. The van der Waals surface area contributed by atoms with Crippen molar-refractivity contribution in [3.05, 3.63) is 44.6 Å². The molecule has 0 amide bonds. The number of benzene rings is 1. The van der Waals surface area contributed by atoms with Crippen molar-refractivity contribution in [2.45, 2.75) is 6.92 Å². The Morgan fingerprint density at radius 2 is 2.22 bits per heavy atom. The maximum Gasteiger partial charge on any atom is 0.203 e. The van der Waals surface area contributed by atoms with Gasteiger partial charge in [-0.2, -0.15) is 5.10 Å². The Kier molecular flexibility index (Phi) is 4.16. The summed E-state index contributed by atoms with van der Waals surface area (Å²) < 4.78 is 13.3. The predicted molar refractivity (Wildman–Crippen MR) is 74.5 cm³/mol. The number of nitrogens with zero attached hydrogens (tertiary/aromatic N) is 2. The molecular weight excluding hydrogens is 296 g/mol. The molecule has 0 aliphatic carbocycles. The van der Waals surface area contributed by atoms with Gasteiger partial charge in [-0.05, 0) is 24.6 Å². The average molecular weight is 304 g/mol. The summed E-state index contributed by atoms with van der Waals surface area (Å²) in [6.45, 7) is 1.89. The normalized spacial score (nSPS) is 11.1. The van der Waals surface area contributed by atoms with Crippen molar-refractivity contribution in [2.24, 2.45) is 5.10 Å². The van der Waals surface area contributed by atoms with Crippen LogP contribution in [0, 0.1) is 12.7 Å². The number of hydrazone groups is 1. The summed E-state index contributed by atoms with van der Waals surface area (Å²) >= 11 is 12.8. The molecule has 94 valence electrons. The van der Waals surface area contributed by atoms with E-state index in [2.05, 4.69) is 15.5 Å². The highest BCUT2D eigenvalue weighted by Gasteiger charge is 2.05. The van der Waals surface area contributed by atoms with Crippen LogP contribution in [0.1, 0.15) is 11.3 Å². The molecule has 7 heteroatoms. The third-order valence-electron chi connectivity index (χ3n) is 2.00. The lowest BCUT2D eigenvalue weighted by molar-refractivity contribution is 0.628. The van der Waals surface area contributed by atoms with Crippen LogP contribution in [0.15, 0.2) is 22.6 Å². The summed E-state index contributed by atoms with van der Waals surface area (Å²) in [5, 5.41) is 6.58. The van der Waals surface area contributed by atoms with E-state index in [1.165, 1.54) is 29.7 Å². The number of nitrogens with one attached hydrogen (secondary N) is 1. The van der Waals surface area contributed by atoms with E-state index in [0.29, 0.717) is 10.7 Å². The zero-order valence-electron chi connectivity index (χ0n) is 9.25. The van der Waals surface area contributed by atoms with Crippen molar-refractivity contribution < 1.29 is 4.39 Å². The smallest absolute Gasteiger partial charge is 0.203 e. The lowest BCUT2D eigenvalue weighted by Crippen LogP contribution is -1.91. The number of hydrogen-bond acceptors (Lipinski definition) is 4. The maximum atomic E-state index is 13.3. The summed E-state index contributed by atoms with van der Waals surface area (Å²) in [5.41, 5.74) is 4.18. The van der Waals surface area contributed by atoms with Gasteiger partial charge >= 0.3 is 0 Å². The van der Waals surface area contributed by atoms with Crippen molar-refractivity contribution >= 4 is 45.9 Å². The first-order valence-corrected chi connectivity index (χ1v) is 6.55. The molecule has 0 aliphatic heterocycles. The molecule has 18 heavy (non-hydrogen) atoms. The highest BCUT2D eigenvalue weighted by atomic mass is 35.5. The Morgan fingerprint density at radius 1 is 1.44 bits per heavy atom. The number of hydrogen-bond donors (Lipinski definition) is 1. The summed E-state index contributed by atoms with van der Waals surface area (Å²) in [6.07, 6.45) is 1.45. The van der Waals surface area contributed by atoms with Gasteiger partial charge in [-0.3, -0.25) is 5.43 Å². The molecule has 0 saturated heterocycles. The first kappa shape index (κ1) is 13.3. The van der Waals surface area contributed by atoms with Gasteiger partial charge in [-0.1, -0.05) is 23.2 Å². The van der Waals surface area contributed by atoms with Gasteiger partial charge < -0.3 is 0 Å². The van der Waals surface area contributed by atoms with Gasteiger partial charge in [0.25, 0.3) is 0 Å².